The third-order valence-corrected chi connectivity index (χ3v) is 4.92. The van der Waals surface area contributed by atoms with Crippen LogP contribution in [0, 0.1) is 0 Å². The maximum absolute atomic E-state index is 5.95. The predicted octanol–water partition coefficient (Wildman–Crippen LogP) is 6.04. The lowest BCUT2D eigenvalue weighted by Crippen LogP contribution is -2.06. The minimum atomic E-state index is 0. The van der Waals surface area contributed by atoms with Crippen LogP contribution in [0.2, 0.25) is 0 Å². The van der Waals surface area contributed by atoms with Crippen molar-refractivity contribution >= 4 is 33.8 Å². The third kappa shape index (κ3) is 7.56. The average Bonchev–Trinajstić information content (AvgIpc) is 3.02. The van der Waals surface area contributed by atoms with Gasteiger partial charge in [0, 0.05) is 10.1 Å². The number of halogens is 1. The molecule has 0 aliphatic heterocycles. The summed E-state index contributed by atoms with van der Waals surface area (Å²) in [6.45, 7) is 2.01. The number of thiophene rings is 1. The fourth-order valence-corrected chi connectivity index (χ4v) is 3.54. The van der Waals surface area contributed by atoms with Gasteiger partial charge in [-0.25, -0.2) is 0 Å². The van der Waals surface area contributed by atoms with Gasteiger partial charge < -0.3 is 10.1 Å². The number of nitrogens with one attached hydrogen (secondary N) is 1. The lowest BCUT2D eigenvalue weighted by molar-refractivity contribution is 0.307. The number of benzene rings is 1. The van der Waals surface area contributed by atoms with E-state index in [0.29, 0.717) is 0 Å². The summed E-state index contributed by atoms with van der Waals surface area (Å²) in [6, 6.07) is 8.48. The van der Waals surface area contributed by atoms with Crippen molar-refractivity contribution in [1.29, 1.82) is 0 Å². The summed E-state index contributed by atoms with van der Waals surface area (Å²) < 4.78 is 7.26. The topological polar surface area (TPSA) is 21.3 Å². The van der Waals surface area contributed by atoms with Crippen LogP contribution in [0.15, 0.2) is 29.6 Å². The van der Waals surface area contributed by atoms with Gasteiger partial charge in [-0.15, -0.1) is 23.7 Å². The molecule has 0 amide bonds. The number of fused-ring (bicyclic) bond motifs is 1. The highest BCUT2D eigenvalue weighted by Crippen LogP contribution is 2.29. The summed E-state index contributed by atoms with van der Waals surface area (Å²) in [6.07, 6.45) is 10.6. The van der Waals surface area contributed by atoms with Crippen LogP contribution < -0.4 is 10.1 Å². The number of ether oxygens (including phenoxy) is 1. The van der Waals surface area contributed by atoms with Gasteiger partial charge in [-0.05, 0) is 50.0 Å². The van der Waals surface area contributed by atoms with E-state index in [1.165, 1.54) is 61.5 Å². The fraction of sp³-hybridized carbons (Fsp3) is 0.579. The second kappa shape index (κ2) is 12.6. The minimum absolute atomic E-state index is 0. The molecule has 0 aliphatic carbocycles. The molecule has 0 fully saturated rings. The van der Waals surface area contributed by atoms with Gasteiger partial charge in [0.05, 0.1) is 6.61 Å². The Hall–Kier alpha value is -0.770. The van der Waals surface area contributed by atoms with Crippen molar-refractivity contribution in [2.45, 2.75) is 51.4 Å². The summed E-state index contributed by atoms with van der Waals surface area (Å²) in [4.78, 5) is 0. The molecule has 2 rings (SSSR count). The Morgan fingerprint density at radius 3 is 2.35 bits per heavy atom. The van der Waals surface area contributed by atoms with E-state index >= 15 is 0 Å². The molecule has 23 heavy (non-hydrogen) atoms. The molecule has 2 aromatic rings. The monoisotopic (exact) mass is 355 g/mol. The maximum atomic E-state index is 5.95. The van der Waals surface area contributed by atoms with Gasteiger partial charge in [-0.3, -0.25) is 0 Å². The van der Waals surface area contributed by atoms with Crippen molar-refractivity contribution in [1.82, 2.24) is 5.32 Å². The van der Waals surface area contributed by atoms with Gasteiger partial charge >= 0.3 is 0 Å². The molecule has 0 saturated carbocycles. The highest BCUT2D eigenvalue weighted by molar-refractivity contribution is 7.17. The van der Waals surface area contributed by atoms with Crippen LogP contribution in [0.4, 0.5) is 0 Å². The minimum Gasteiger partial charge on any atom is -0.493 e. The van der Waals surface area contributed by atoms with Crippen LogP contribution in [0.3, 0.4) is 0 Å². The zero-order chi connectivity index (χ0) is 15.5. The Morgan fingerprint density at radius 2 is 1.61 bits per heavy atom. The summed E-state index contributed by atoms with van der Waals surface area (Å²) in [5, 5.41) is 6.59. The fourth-order valence-electron chi connectivity index (χ4n) is 2.74. The van der Waals surface area contributed by atoms with Crippen LogP contribution in [0.1, 0.15) is 51.4 Å². The molecule has 0 bridgehead atoms. The molecule has 2 nitrogen and oxygen atoms in total. The largest absolute Gasteiger partial charge is 0.493 e. The lowest BCUT2D eigenvalue weighted by Gasteiger charge is -2.07. The first kappa shape index (κ1) is 20.3. The first-order valence-corrected chi connectivity index (χ1v) is 9.53. The van der Waals surface area contributed by atoms with Gasteiger partial charge in [0.2, 0.25) is 0 Å². The van der Waals surface area contributed by atoms with E-state index in [-0.39, 0.29) is 12.4 Å². The SMILES string of the molecule is CNCCCCCCCCCCOc1cccc2sccc12.Cl. The third-order valence-electron chi connectivity index (χ3n) is 4.03. The van der Waals surface area contributed by atoms with Crippen molar-refractivity contribution in [2.75, 3.05) is 20.2 Å². The molecule has 0 saturated heterocycles. The Balaban J connectivity index is 0.00000264. The summed E-state index contributed by atoms with van der Waals surface area (Å²) >= 11 is 1.78. The van der Waals surface area contributed by atoms with Crippen LogP contribution in [-0.4, -0.2) is 20.2 Å². The number of hydrogen-bond acceptors (Lipinski definition) is 3. The quantitative estimate of drug-likeness (QED) is 0.468. The Labute approximate surface area is 151 Å². The lowest BCUT2D eigenvalue weighted by atomic mass is 10.1. The molecular formula is C19H30ClNOS. The number of unbranched alkanes of at least 4 members (excludes halogenated alkanes) is 7. The molecule has 0 spiro atoms. The van der Waals surface area contributed by atoms with E-state index in [0.717, 1.165) is 18.9 Å². The zero-order valence-corrected chi connectivity index (χ0v) is 15.8. The normalized spacial score (nSPS) is 10.7. The average molecular weight is 356 g/mol. The molecule has 0 atom stereocenters. The van der Waals surface area contributed by atoms with Crippen LogP contribution in [0.25, 0.3) is 10.1 Å². The van der Waals surface area contributed by atoms with E-state index in [9.17, 15) is 0 Å². The highest BCUT2D eigenvalue weighted by Gasteiger charge is 2.02. The number of rotatable bonds is 12. The van der Waals surface area contributed by atoms with Crippen LogP contribution in [0.5, 0.6) is 5.75 Å². The molecule has 0 radical (unpaired) electrons. The van der Waals surface area contributed by atoms with Crippen LogP contribution in [-0.2, 0) is 0 Å². The van der Waals surface area contributed by atoms with E-state index < -0.39 is 0 Å². The van der Waals surface area contributed by atoms with Gasteiger partial charge in [0.15, 0.2) is 0 Å². The molecule has 130 valence electrons. The molecule has 0 unspecified atom stereocenters. The van der Waals surface area contributed by atoms with Gasteiger partial charge in [0.25, 0.3) is 0 Å². The van der Waals surface area contributed by atoms with Crippen molar-refractivity contribution in [3.05, 3.63) is 29.6 Å². The summed E-state index contributed by atoms with van der Waals surface area (Å²) in [5.74, 6) is 1.04. The smallest absolute Gasteiger partial charge is 0.127 e. The predicted molar refractivity (Wildman–Crippen MR) is 105 cm³/mol. The van der Waals surface area contributed by atoms with Crippen molar-refractivity contribution in [3.8, 4) is 5.75 Å². The molecule has 1 N–H and O–H groups in total. The Morgan fingerprint density at radius 1 is 0.913 bits per heavy atom. The van der Waals surface area contributed by atoms with E-state index in [4.69, 9.17) is 4.74 Å². The summed E-state index contributed by atoms with van der Waals surface area (Å²) in [7, 11) is 2.03. The highest BCUT2D eigenvalue weighted by atomic mass is 35.5. The molecule has 1 heterocycles. The van der Waals surface area contributed by atoms with Gasteiger partial charge in [-0.1, -0.05) is 44.6 Å². The maximum Gasteiger partial charge on any atom is 0.127 e. The Kier molecular flexibility index (Phi) is 11.1. The van der Waals surface area contributed by atoms with E-state index in [2.05, 4.69) is 35.0 Å². The number of hydrogen-bond donors (Lipinski definition) is 1. The molecule has 1 aromatic heterocycles. The van der Waals surface area contributed by atoms with Crippen molar-refractivity contribution in [2.24, 2.45) is 0 Å². The van der Waals surface area contributed by atoms with Gasteiger partial charge in [0.1, 0.15) is 5.75 Å². The van der Waals surface area contributed by atoms with Crippen LogP contribution >= 0.6 is 23.7 Å². The second-order valence-electron chi connectivity index (χ2n) is 5.87. The zero-order valence-electron chi connectivity index (χ0n) is 14.2. The van der Waals surface area contributed by atoms with E-state index in [1.807, 2.05) is 7.05 Å². The summed E-state index contributed by atoms with van der Waals surface area (Å²) in [5.41, 5.74) is 0. The van der Waals surface area contributed by atoms with E-state index in [1.54, 1.807) is 11.3 Å². The molecule has 0 aliphatic rings. The molecule has 4 heteroatoms. The molecular weight excluding hydrogens is 326 g/mol. The second-order valence-corrected chi connectivity index (χ2v) is 6.82. The first-order chi connectivity index (χ1) is 10.9. The first-order valence-electron chi connectivity index (χ1n) is 8.65. The van der Waals surface area contributed by atoms with Crippen molar-refractivity contribution < 1.29 is 4.74 Å². The standard InChI is InChI=1S/C19H29NOS.ClH/c1-20-14-8-6-4-2-3-5-7-9-15-21-18-11-10-12-19-17(18)13-16-22-19;/h10-13,16,20H,2-9,14-15H2,1H3;1H. The Bertz CT molecular complexity index is 529. The molecule has 1 aromatic carbocycles. The van der Waals surface area contributed by atoms with Gasteiger partial charge in [-0.2, -0.15) is 0 Å². The van der Waals surface area contributed by atoms with Crippen molar-refractivity contribution in [3.63, 3.8) is 0 Å².